The van der Waals surface area contributed by atoms with Gasteiger partial charge in [0, 0.05) is 44.0 Å². The maximum Gasteiger partial charge on any atom is 0.133 e. The lowest BCUT2D eigenvalue weighted by molar-refractivity contribution is 0.121. The Morgan fingerprint density at radius 1 is 0.842 bits per heavy atom. The molecule has 6 heteroatoms. The standard InChI is InChI=1S/C13H20N4O2/c14-11-9-12(16-1-5-18-6-2-16)15-13(10-11)17-3-7-19-8-4-17/h9-10H,1-8H2,(H2,14,15). The fourth-order valence-electron chi connectivity index (χ4n) is 2.43. The number of anilines is 3. The van der Waals surface area contributed by atoms with E-state index < -0.39 is 0 Å². The van der Waals surface area contributed by atoms with Crippen molar-refractivity contribution in [1.82, 2.24) is 4.98 Å². The first-order chi connectivity index (χ1) is 9.33. The number of hydrogen-bond acceptors (Lipinski definition) is 6. The van der Waals surface area contributed by atoms with E-state index in [-0.39, 0.29) is 0 Å². The largest absolute Gasteiger partial charge is 0.399 e. The Morgan fingerprint density at radius 2 is 1.26 bits per heavy atom. The quantitative estimate of drug-likeness (QED) is 0.831. The Hall–Kier alpha value is -1.53. The second-order valence-electron chi connectivity index (χ2n) is 4.82. The van der Waals surface area contributed by atoms with Gasteiger partial charge in [-0.25, -0.2) is 4.98 Å². The van der Waals surface area contributed by atoms with Gasteiger partial charge in [-0.1, -0.05) is 0 Å². The van der Waals surface area contributed by atoms with Gasteiger partial charge < -0.3 is 25.0 Å². The van der Waals surface area contributed by atoms with E-state index in [0.717, 1.165) is 69.9 Å². The first-order valence-electron chi connectivity index (χ1n) is 6.76. The van der Waals surface area contributed by atoms with Crippen molar-refractivity contribution in [3.05, 3.63) is 12.1 Å². The van der Waals surface area contributed by atoms with Gasteiger partial charge in [0.05, 0.1) is 26.4 Å². The molecule has 3 rings (SSSR count). The molecular weight excluding hydrogens is 244 g/mol. The average Bonchev–Trinajstić information content (AvgIpc) is 2.48. The molecule has 2 aliphatic heterocycles. The summed E-state index contributed by atoms with van der Waals surface area (Å²) in [5, 5.41) is 0. The van der Waals surface area contributed by atoms with Crippen LogP contribution in [0.5, 0.6) is 0 Å². The lowest BCUT2D eigenvalue weighted by Crippen LogP contribution is -2.39. The van der Waals surface area contributed by atoms with Crippen LogP contribution in [0.25, 0.3) is 0 Å². The minimum absolute atomic E-state index is 0.753. The smallest absolute Gasteiger partial charge is 0.133 e. The SMILES string of the molecule is Nc1cc(N2CCOCC2)nc(N2CCOCC2)c1. The van der Waals surface area contributed by atoms with Crippen molar-refractivity contribution in [3.63, 3.8) is 0 Å². The molecule has 104 valence electrons. The van der Waals surface area contributed by atoms with Gasteiger partial charge in [0.2, 0.25) is 0 Å². The van der Waals surface area contributed by atoms with Crippen molar-refractivity contribution in [3.8, 4) is 0 Å². The Kier molecular flexibility index (Phi) is 3.70. The molecule has 0 atom stereocenters. The molecule has 2 saturated heterocycles. The van der Waals surface area contributed by atoms with E-state index in [4.69, 9.17) is 20.2 Å². The van der Waals surface area contributed by atoms with Crippen LogP contribution in [0, 0.1) is 0 Å². The predicted molar refractivity (Wildman–Crippen MR) is 74.7 cm³/mol. The van der Waals surface area contributed by atoms with Crippen LogP contribution in [-0.2, 0) is 9.47 Å². The first kappa shape index (κ1) is 12.5. The van der Waals surface area contributed by atoms with Crippen molar-refractivity contribution in [2.45, 2.75) is 0 Å². The van der Waals surface area contributed by atoms with Crippen molar-refractivity contribution in [2.75, 3.05) is 68.1 Å². The molecule has 6 nitrogen and oxygen atoms in total. The van der Waals surface area contributed by atoms with Gasteiger partial charge in [-0.2, -0.15) is 0 Å². The van der Waals surface area contributed by atoms with E-state index in [2.05, 4.69) is 9.80 Å². The summed E-state index contributed by atoms with van der Waals surface area (Å²) >= 11 is 0. The van der Waals surface area contributed by atoms with Crippen molar-refractivity contribution in [2.24, 2.45) is 0 Å². The minimum atomic E-state index is 0.753. The molecule has 2 aliphatic rings. The van der Waals surface area contributed by atoms with E-state index in [1.54, 1.807) is 0 Å². The number of morpholine rings is 2. The maximum absolute atomic E-state index is 6.02. The molecule has 0 saturated carbocycles. The van der Waals surface area contributed by atoms with Crippen LogP contribution in [-0.4, -0.2) is 57.6 Å². The molecule has 0 bridgehead atoms. The third-order valence-corrected chi connectivity index (χ3v) is 3.49. The fraction of sp³-hybridized carbons (Fsp3) is 0.615. The van der Waals surface area contributed by atoms with Crippen molar-refractivity contribution < 1.29 is 9.47 Å². The Bertz CT molecular complexity index is 392. The monoisotopic (exact) mass is 264 g/mol. The number of aromatic nitrogens is 1. The van der Waals surface area contributed by atoms with E-state index >= 15 is 0 Å². The van der Waals surface area contributed by atoms with Crippen LogP contribution in [0.15, 0.2) is 12.1 Å². The normalized spacial score (nSPS) is 20.6. The summed E-state index contributed by atoms with van der Waals surface area (Å²) in [5.74, 6) is 1.90. The number of pyridine rings is 1. The minimum Gasteiger partial charge on any atom is -0.399 e. The molecule has 0 radical (unpaired) electrons. The summed E-state index contributed by atoms with van der Waals surface area (Å²) in [6, 6.07) is 3.88. The van der Waals surface area contributed by atoms with Crippen molar-refractivity contribution in [1.29, 1.82) is 0 Å². The third kappa shape index (κ3) is 2.90. The summed E-state index contributed by atoms with van der Waals surface area (Å²) in [5.41, 5.74) is 6.78. The maximum atomic E-state index is 6.02. The molecule has 1 aromatic rings. The Morgan fingerprint density at radius 3 is 1.68 bits per heavy atom. The molecular formula is C13H20N4O2. The number of rotatable bonds is 2. The molecule has 0 unspecified atom stereocenters. The molecule has 19 heavy (non-hydrogen) atoms. The third-order valence-electron chi connectivity index (χ3n) is 3.49. The van der Waals surface area contributed by atoms with Gasteiger partial charge in [0.25, 0.3) is 0 Å². The summed E-state index contributed by atoms with van der Waals surface area (Å²) in [7, 11) is 0. The molecule has 0 aromatic carbocycles. The fourth-order valence-corrected chi connectivity index (χ4v) is 2.43. The van der Waals surface area contributed by atoms with E-state index in [9.17, 15) is 0 Å². The van der Waals surface area contributed by atoms with Crippen LogP contribution >= 0.6 is 0 Å². The highest BCUT2D eigenvalue weighted by molar-refractivity contribution is 5.60. The van der Waals surface area contributed by atoms with Gasteiger partial charge in [-0.3, -0.25) is 0 Å². The summed E-state index contributed by atoms with van der Waals surface area (Å²) in [6.07, 6.45) is 0. The lowest BCUT2D eigenvalue weighted by Gasteiger charge is -2.31. The summed E-state index contributed by atoms with van der Waals surface area (Å²) < 4.78 is 10.7. The van der Waals surface area contributed by atoms with Gasteiger partial charge in [0.15, 0.2) is 0 Å². The molecule has 0 aliphatic carbocycles. The lowest BCUT2D eigenvalue weighted by atomic mass is 10.3. The molecule has 1 aromatic heterocycles. The van der Waals surface area contributed by atoms with Gasteiger partial charge in [-0.15, -0.1) is 0 Å². The molecule has 2 fully saturated rings. The van der Waals surface area contributed by atoms with Gasteiger partial charge >= 0.3 is 0 Å². The van der Waals surface area contributed by atoms with Crippen LogP contribution in [0.4, 0.5) is 17.3 Å². The number of hydrogen-bond donors (Lipinski definition) is 1. The molecule has 2 N–H and O–H groups in total. The van der Waals surface area contributed by atoms with E-state index in [1.807, 2.05) is 12.1 Å². The summed E-state index contributed by atoms with van der Waals surface area (Å²) in [4.78, 5) is 9.19. The van der Waals surface area contributed by atoms with Crippen LogP contribution in [0.2, 0.25) is 0 Å². The second-order valence-corrected chi connectivity index (χ2v) is 4.82. The average molecular weight is 264 g/mol. The number of nitrogens with zero attached hydrogens (tertiary/aromatic N) is 3. The van der Waals surface area contributed by atoms with Crippen LogP contribution in [0.1, 0.15) is 0 Å². The highest BCUT2D eigenvalue weighted by Crippen LogP contribution is 2.23. The number of nitrogen functional groups attached to an aromatic ring is 1. The number of nitrogens with two attached hydrogens (primary N) is 1. The highest BCUT2D eigenvalue weighted by Gasteiger charge is 2.17. The zero-order valence-electron chi connectivity index (χ0n) is 11.0. The molecule has 0 spiro atoms. The van der Waals surface area contributed by atoms with Gasteiger partial charge in [-0.05, 0) is 0 Å². The zero-order valence-corrected chi connectivity index (χ0v) is 11.0. The Balaban J connectivity index is 1.82. The van der Waals surface area contributed by atoms with Crippen molar-refractivity contribution >= 4 is 17.3 Å². The zero-order chi connectivity index (χ0) is 13.1. The van der Waals surface area contributed by atoms with E-state index in [1.165, 1.54) is 0 Å². The second kappa shape index (κ2) is 5.63. The van der Waals surface area contributed by atoms with E-state index in [0.29, 0.717) is 0 Å². The van der Waals surface area contributed by atoms with Gasteiger partial charge in [0.1, 0.15) is 11.6 Å². The predicted octanol–water partition coefficient (Wildman–Crippen LogP) is 0.337. The molecule has 0 amide bonds. The summed E-state index contributed by atoms with van der Waals surface area (Å²) in [6.45, 7) is 6.51. The topological polar surface area (TPSA) is 63.8 Å². The first-order valence-corrected chi connectivity index (χ1v) is 6.76. The van der Waals surface area contributed by atoms with Crippen LogP contribution < -0.4 is 15.5 Å². The number of ether oxygens (including phenoxy) is 2. The highest BCUT2D eigenvalue weighted by atomic mass is 16.5. The Labute approximate surface area is 113 Å². The van der Waals surface area contributed by atoms with Crippen LogP contribution in [0.3, 0.4) is 0 Å². The molecule has 3 heterocycles.